The molecule has 0 aromatic carbocycles. The first kappa shape index (κ1) is 12.7. The molecule has 1 heterocycles. The largest absolute Gasteiger partial charge is 0.416 e. The number of alkyl halides is 3. The average Bonchev–Trinajstić information content (AvgIpc) is 2.77. The molecule has 20 heavy (non-hydrogen) atoms. The van der Waals surface area contributed by atoms with Crippen molar-refractivity contribution in [3.8, 4) is 0 Å². The maximum atomic E-state index is 12.8. The van der Waals surface area contributed by atoms with Gasteiger partial charge in [0, 0.05) is 6.04 Å². The fourth-order valence-corrected chi connectivity index (χ4v) is 4.63. The summed E-state index contributed by atoms with van der Waals surface area (Å²) in [4.78, 5) is 3.98. The van der Waals surface area contributed by atoms with Crippen molar-refractivity contribution in [3.63, 3.8) is 0 Å². The number of nitrogens with zero attached hydrogens (tertiary/aromatic N) is 1. The molecular weight excluding hydrogens is 289 g/mol. The summed E-state index contributed by atoms with van der Waals surface area (Å²) in [5.41, 5.74) is -0.742. The molecule has 4 atom stereocenters. The fraction of sp³-hybridized carbons (Fsp3) is 0.643. The number of hydrogen-bond donors (Lipinski definition) is 1. The molecule has 0 aliphatic heterocycles. The van der Waals surface area contributed by atoms with Gasteiger partial charge in [0.05, 0.1) is 5.56 Å². The third kappa shape index (κ3) is 1.90. The van der Waals surface area contributed by atoms with Crippen molar-refractivity contribution >= 4 is 17.4 Å². The molecule has 6 heteroatoms. The van der Waals surface area contributed by atoms with Gasteiger partial charge in [0.25, 0.3) is 0 Å². The molecule has 0 spiro atoms. The second-order valence-corrected chi connectivity index (χ2v) is 6.61. The van der Waals surface area contributed by atoms with E-state index < -0.39 is 11.7 Å². The molecule has 0 amide bonds. The number of pyridine rings is 1. The topological polar surface area (TPSA) is 24.9 Å². The van der Waals surface area contributed by atoms with E-state index in [9.17, 15) is 13.2 Å². The predicted molar refractivity (Wildman–Crippen MR) is 69.5 cm³/mol. The van der Waals surface area contributed by atoms with Crippen molar-refractivity contribution in [1.29, 1.82) is 0 Å². The molecule has 1 N–H and O–H groups in total. The highest BCUT2D eigenvalue weighted by molar-refractivity contribution is 6.29. The third-order valence-corrected chi connectivity index (χ3v) is 5.36. The Balaban J connectivity index is 1.54. The van der Waals surface area contributed by atoms with Crippen LogP contribution in [0.3, 0.4) is 0 Å². The normalized spacial score (nSPS) is 37.9. The van der Waals surface area contributed by atoms with Gasteiger partial charge in [0.15, 0.2) is 0 Å². The van der Waals surface area contributed by atoms with Gasteiger partial charge in [-0.25, -0.2) is 4.98 Å². The Hall–Kier alpha value is -0.970. The molecule has 3 saturated carbocycles. The van der Waals surface area contributed by atoms with Crippen LogP contribution in [0.1, 0.15) is 24.8 Å². The van der Waals surface area contributed by atoms with Crippen molar-refractivity contribution in [2.45, 2.75) is 31.5 Å². The van der Waals surface area contributed by atoms with E-state index in [2.05, 4.69) is 10.3 Å². The number of aromatic nitrogens is 1. The van der Waals surface area contributed by atoms with E-state index >= 15 is 0 Å². The average molecular weight is 303 g/mol. The van der Waals surface area contributed by atoms with E-state index in [1.807, 2.05) is 0 Å². The number of halogens is 4. The summed E-state index contributed by atoms with van der Waals surface area (Å²) < 4.78 is 38.3. The van der Waals surface area contributed by atoms with E-state index in [0.29, 0.717) is 17.9 Å². The Kier molecular flexibility index (Phi) is 2.57. The van der Waals surface area contributed by atoms with Crippen LogP contribution in [0.2, 0.25) is 5.15 Å². The zero-order chi connectivity index (χ0) is 14.1. The van der Waals surface area contributed by atoms with E-state index in [-0.39, 0.29) is 11.0 Å². The highest BCUT2D eigenvalue weighted by Gasteiger charge is 2.65. The van der Waals surface area contributed by atoms with Gasteiger partial charge in [0.1, 0.15) is 11.0 Å². The first-order chi connectivity index (χ1) is 9.43. The second kappa shape index (κ2) is 4.03. The number of anilines is 1. The number of fused-ring (bicyclic) bond motifs is 5. The highest BCUT2D eigenvalue weighted by atomic mass is 35.5. The van der Waals surface area contributed by atoms with Crippen molar-refractivity contribution in [3.05, 3.63) is 22.8 Å². The van der Waals surface area contributed by atoms with Gasteiger partial charge in [-0.3, -0.25) is 0 Å². The third-order valence-electron chi connectivity index (χ3n) is 5.17. The molecule has 4 unspecified atom stereocenters. The molecule has 4 rings (SSSR count). The number of hydrogen-bond acceptors (Lipinski definition) is 2. The summed E-state index contributed by atoms with van der Waals surface area (Å²) in [6, 6.07) is 2.22. The number of nitrogens with one attached hydrogen (secondary N) is 1. The summed E-state index contributed by atoms with van der Waals surface area (Å²) in [6.45, 7) is 0. The van der Waals surface area contributed by atoms with Gasteiger partial charge < -0.3 is 5.32 Å². The van der Waals surface area contributed by atoms with Crippen LogP contribution in [0.4, 0.5) is 19.0 Å². The molecule has 3 aliphatic rings. The smallest absolute Gasteiger partial charge is 0.367 e. The Bertz CT molecular complexity index is 544. The van der Waals surface area contributed by atoms with Gasteiger partial charge in [-0.15, -0.1) is 0 Å². The van der Waals surface area contributed by atoms with Crippen LogP contribution < -0.4 is 5.32 Å². The molecule has 2 bridgehead atoms. The van der Waals surface area contributed by atoms with Gasteiger partial charge in [0.2, 0.25) is 0 Å². The van der Waals surface area contributed by atoms with E-state index in [1.165, 1.54) is 19.3 Å². The molecule has 0 saturated heterocycles. The molecule has 3 fully saturated rings. The molecule has 1 aromatic rings. The van der Waals surface area contributed by atoms with Crippen molar-refractivity contribution in [1.82, 2.24) is 4.98 Å². The maximum absolute atomic E-state index is 12.8. The molecule has 3 aliphatic carbocycles. The monoisotopic (exact) mass is 302 g/mol. The molecule has 0 radical (unpaired) electrons. The summed E-state index contributed by atoms with van der Waals surface area (Å²) >= 11 is 5.70. The van der Waals surface area contributed by atoms with Gasteiger partial charge in [-0.2, -0.15) is 13.2 Å². The lowest BCUT2D eigenvalue weighted by Gasteiger charge is -2.13. The zero-order valence-corrected chi connectivity index (χ0v) is 11.4. The van der Waals surface area contributed by atoms with Gasteiger partial charge in [-0.05, 0) is 55.1 Å². The first-order valence-electron chi connectivity index (χ1n) is 6.95. The lowest BCUT2D eigenvalue weighted by molar-refractivity contribution is -0.137. The second-order valence-electron chi connectivity index (χ2n) is 6.22. The van der Waals surface area contributed by atoms with E-state index in [4.69, 9.17) is 11.6 Å². The molecule has 108 valence electrons. The van der Waals surface area contributed by atoms with Gasteiger partial charge in [-0.1, -0.05) is 11.6 Å². The molecular formula is C14H14ClF3N2. The lowest BCUT2D eigenvalue weighted by Crippen LogP contribution is -2.15. The van der Waals surface area contributed by atoms with Crippen molar-refractivity contribution < 1.29 is 13.2 Å². The minimum Gasteiger partial charge on any atom is -0.367 e. The fourth-order valence-electron chi connectivity index (χ4n) is 4.42. The summed E-state index contributed by atoms with van der Waals surface area (Å²) in [5, 5.41) is 3.06. The van der Waals surface area contributed by atoms with Crippen LogP contribution in [-0.4, -0.2) is 11.0 Å². The Labute approximate surface area is 119 Å². The SMILES string of the molecule is FC(F)(F)c1cc(Cl)nc(NC2C3C4CCC(C4)C23)c1. The van der Waals surface area contributed by atoms with Crippen LogP contribution in [0.5, 0.6) is 0 Å². The Morgan fingerprint density at radius 3 is 2.40 bits per heavy atom. The van der Waals surface area contributed by atoms with Crippen LogP contribution >= 0.6 is 11.6 Å². The van der Waals surface area contributed by atoms with Crippen LogP contribution in [0, 0.1) is 23.7 Å². The highest BCUT2D eigenvalue weighted by Crippen LogP contribution is 2.66. The maximum Gasteiger partial charge on any atom is 0.416 e. The molecule has 2 nitrogen and oxygen atoms in total. The standard InChI is InChI=1S/C14H14ClF3N2/c15-9-4-8(14(16,17)18)5-10(19-9)20-13-11-6-1-2-7(3-6)12(11)13/h4-7,11-13H,1-3H2,(H,19,20). The van der Waals surface area contributed by atoms with E-state index in [1.54, 1.807) is 0 Å². The minimum atomic E-state index is -4.39. The Morgan fingerprint density at radius 1 is 1.15 bits per heavy atom. The van der Waals surface area contributed by atoms with Crippen LogP contribution in [0.15, 0.2) is 12.1 Å². The summed E-state index contributed by atoms with van der Waals surface area (Å²) in [7, 11) is 0. The lowest BCUT2D eigenvalue weighted by atomic mass is 10.0. The Morgan fingerprint density at radius 2 is 1.80 bits per heavy atom. The van der Waals surface area contributed by atoms with E-state index in [0.717, 1.165) is 24.0 Å². The van der Waals surface area contributed by atoms with Crippen LogP contribution in [-0.2, 0) is 6.18 Å². The number of rotatable bonds is 2. The summed E-state index contributed by atoms with van der Waals surface area (Å²) in [6.07, 6.45) is -0.521. The zero-order valence-electron chi connectivity index (χ0n) is 10.6. The van der Waals surface area contributed by atoms with Crippen molar-refractivity contribution in [2.24, 2.45) is 23.7 Å². The quantitative estimate of drug-likeness (QED) is 0.828. The van der Waals surface area contributed by atoms with Crippen LogP contribution in [0.25, 0.3) is 0 Å². The predicted octanol–water partition coefficient (Wildman–Crippen LogP) is 4.21. The van der Waals surface area contributed by atoms with Crippen molar-refractivity contribution in [2.75, 3.05) is 5.32 Å². The van der Waals surface area contributed by atoms with Gasteiger partial charge >= 0.3 is 6.18 Å². The summed E-state index contributed by atoms with van der Waals surface area (Å²) in [5.74, 6) is 3.07. The minimum absolute atomic E-state index is 0.115. The first-order valence-corrected chi connectivity index (χ1v) is 7.32. The molecule has 1 aromatic heterocycles.